The first-order valence-electron chi connectivity index (χ1n) is 20.3. The summed E-state index contributed by atoms with van der Waals surface area (Å²) in [6.45, 7) is 5.10. The SMILES string of the molecule is c1cc2nc(N3C[C@@H]4C[C@H]3CN4)nc(Nc3cc(C4CC4)[nH]n3)c2s1.c1ccc(CN2C[C@@H]3C[C@H]2CN3c2nc(Nc3cc(C4CC4)[nH]n3)c3sccc3n2)cc1. The van der Waals surface area contributed by atoms with Crippen LogP contribution >= 0.6 is 22.7 Å². The first-order valence-corrected chi connectivity index (χ1v) is 22.1. The van der Waals surface area contributed by atoms with Gasteiger partial charge in [-0.25, -0.2) is 9.97 Å². The maximum atomic E-state index is 4.99. The van der Waals surface area contributed by atoms with Gasteiger partial charge in [0.15, 0.2) is 23.3 Å². The number of nitrogens with zero attached hydrogens (tertiary/aromatic N) is 9. The van der Waals surface area contributed by atoms with Gasteiger partial charge in [-0.15, -0.1) is 22.7 Å². The molecule has 2 aliphatic carbocycles. The van der Waals surface area contributed by atoms with Crippen LogP contribution in [0.1, 0.15) is 67.3 Å². The van der Waals surface area contributed by atoms with Crippen LogP contribution in [0.4, 0.5) is 35.2 Å². The highest BCUT2D eigenvalue weighted by Crippen LogP contribution is 2.42. The number of anilines is 6. The fraction of sp³-hybridized carbons (Fsp3) is 0.415. The first kappa shape index (κ1) is 33.9. The molecule has 5 N–H and O–H groups in total. The Morgan fingerprint density at radius 3 is 1.79 bits per heavy atom. The van der Waals surface area contributed by atoms with Gasteiger partial charge >= 0.3 is 0 Å². The molecule has 2 saturated carbocycles. The number of hydrogen-bond donors (Lipinski definition) is 5. The second kappa shape index (κ2) is 13.7. The average Bonchev–Trinajstić information content (AvgIpc) is 3.74. The number of hydrogen-bond acceptors (Lipinski definition) is 14. The van der Waals surface area contributed by atoms with Gasteiger partial charge in [0.25, 0.3) is 0 Å². The zero-order valence-corrected chi connectivity index (χ0v) is 33.1. The maximum absolute atomic E-state index is 4.99. The lowest BCUT2D eigenvalue weighted by molar-refractivity contribution is 0.229. The summed E-state index contributed by atoms with van der Waals surface area (Å²) in [6.07, 6.45) is 7.42. The molecule has 0 radical (unpaired) electrons. The van der Waals surface area contributed by atoms with E-state index in [0.717, 1.165) is 88.3 Å². The molecule has 6 fully saturated rings. The fourth-order valence-corrected chi connectivity index (χ4v) is 10.7. The van der Waals surface area contributed by atoms with Crippen LogP contribution in [0, 0.1) is 0 Å². The van der Waals surface area contributed by atoms with E-state index >= 15 is 0 Å². The number of likely N-dealkylation sites (tertiary alicyclic amines) is 1. The highest BCUT2D eigenvalue weighted by molar-refractivity contribution is 7.18. The molecule has 0 amide bonds. The summed E-state index contributed by atoms with van der Waals surface area (Å²) in [6, 6.07) is 21.3. The van der Waals surface area contributed by atoms with Crippen LogP contribution in [0.5, 0.6) is 0 Å². The zero-order chi connectivity index (χ0) is 37.5. The molecule has 57 heavy (non-hydrogen) atoms. The molecule has 290 valence electrons. The fourth-order valence-electron chi connectivity index (χ4n) is 9.19. The summed E-state index contributed by atoms with van der Waals surface area (Å²) >= 11 is 3.34. The van der Waals surface area contributed by atoms with E-state index in [0.29, 0.717) is 36.0 Å². The molecule has 1 aromatic carbocycles. The van der Waals surface area contributed by atoms with Gasteiger partial charge < -0.3 is 25.8 Å². The molecule has 16 heteroatoms. The monoisotopic (exact) mass is 796 g/mol. The van der Waals surface area contributed by atoms with Crippen LogP contribution in [0.25, 0.3) is 20.4 Å². The molecule has 10 heterocycles. The van der Waals surface area contributed by atoms with E-state index in [-0.39, 0.29) is 0 Å². The molecule has 14 nitrogen and oxygen atoms in total. The van der Waals surface area contributed by atoms with Crippen LogP contribution in [0.2, 0.25) is 0 Å². The second-order valence-corrected chi connectivity index (χ2v) is 18.3. The number of piperazine rings is 2. The Kier molecular flexibility index (Phi) is 8.18. The molecule has 0 unspecified atom stereocenters. The number of aromatic nitrogens is 8. The van der Waals surface area contributed by atoms with Gasteiger partial charge in [0.1, 0.15) is 0 Å². The van der Waals surface area contributed by atoms with E-state index in [2.05, 4.69) is 116 Å². The van der Waals surface area contributed by atoms with Crippen LogP contribution in [-0.2, 0) is 6.54 Å². The summed E-state index contributed by atoms with van der Waals surface area (Å²) in [7, 11) is 0. The topological polar surface area (TPSA) is 155 Å². The van der Waals surface area contributed by atoms with Gasteiger partial charge in [-0.2, -0.15) is 20.2 Å². The molecular formula is C41H44N14S2. The van der Waals surface area contributed by atoms with E-state index < -0.39 is 0 Å². The highest BCUT2D eigenvalue weighted by atomic mass is 32.1. The third kappa shape index (κ3) is 6.57. The molecule has 4 atom stereocenters. The van der Waals surface area contributed by atoms with Gasteiger partial charge in [-0.1, -0.05) is 30.3 Å². The van der Waals surface area contributed by atoms with Crippen molar-refractivity contribution in [2.24, 2.45) is 0 Å². The van der Waals surface area contributed by atoms with E-state index in [1.54, 1.807) is 22.7 Å². The number of H-pyrrole nitrogens is 2. The normalized spacial score (nSPS) is 23.9. The van der Waals surface area contributed by atoms with E-state index in [9.17, 15) is 0 Å². The van der Waals surface area contributed by atoms with Crippen molar-refractivity contribution in [2.45, 2.75) is 81.1 Å². The Balaban J connectivity index is 0.000000129. The maximum Gasteiger partial charge on any atom is 0.228 e. The minimum Gasteiger partial charge on any atom is -0.335 e. The quantitative estimate of drug-likeness (QED) is 0.0961. The summed E-state index contributed by atoms with van der Waals surface area (Å²) in [5, 5.41) is 29.8. The van der Waals surface area contributed by atoms with E-state index in [1.807, 2.05) is 0 Å². The van der Waals surface area contributed by atoms with Gasteiger partial charge in [0.05, 0.1) is 20.4 Å². The lowest BCUT2D eigenvalue weighted by atomic mass is 10.2. The highest BCUT2D eigenvalue weighted by Gasteiger charge is 2.44. The lowest BCUT2D eigenvalue weighted by Gasteiger charge is -2.34. The van der Waals surface area contributed by atoms with Crippen molar-refractivity contribution < 1.29 is 0 Å². The predicted molar refractivity (Wildman–Crippen MR) is 226 cm³/mol. The Labute approximate surface area is 337 Å². The van der Waals surface area contributed by atoms with Crippen molar-refractivity contribution in [3.8, 4) is 0 Å². The zero-order valence-electron chi connectivity index (χ0n) is 31.4. The molecule has 4 saturated heterocycles. The molecule has 6 aromatic heterocycles. The van der Waals surface area contributed by atoms with Gasteiger partial charge in [0.2, 0.25) is 11.9 Å². The molecule has 13 rings (SSSR count). The Hall–Kier alpha value is -5.16. The Morgan fingerprint density at radius 2 is 1.26 bits per heavy atom. The predicted octanol–water partition coefficient (Wildman–Crippen LogP) is 7.08. The number of thiophene rings is 2. The van der Waals surface area contributed by atoms with Crippen LogP contribution in [0.3, 0.4) is 0 Å². The van der Waals surface area contributed by atoms with E-state index in [4.69, 9.17) is 19.9 Å². The van der Waals surface area contributed by atoms with Crippen molar-refractivity contribution >= 4 is 78.3 Å². The first-order chi connectivity index (χ1) is 28.1. The summed E-state index contributed by atoms with van der Waals surface area (Å²) < 4.78 is 2.17. The van der Waals surface area contributed by atoms with Gasteiger partial charge in [-0.3, -0.25) is 15.1 Å². The third-order valence-electron chi connectivity index (χ3n) is 12.5. The number of benzene rings is 1. The average molecular weight is 797 g/mol. The lowest BCUT2D eigenvalue weighted by Crippen LogP contribution is -2.46. The van der Waals surface area contributed by atoms with Crippen molar-refractivity contribution in [1.29, 1.82) is 0 Å². The van der Waals surface area contributed by atoms with Gasteiger partial charge in [-0.05, 0) is 67.0 Å². The van der Waals surface area contributed by atoms with E-state index in [1.165, 1.54) is 55.5 Å². The van der Waals surface area contributed by atoms with Crippen LogP contribution in [-0.4, -0.2) is 95.6 Å². The van der Waals surface area contributed by atoms with Crippen LogP contribution in [0.15, 0.2) is 65.4 Å². The number of rotatable bonds is 10. The summed E-state index contributed by atoms with van der Waals surface area (Å²) in [5.41, 5.74) is 5.84. The molecule has 6 aliphatic rings. The third-order valence-corrected chi connectivity index (χ3v) is 14.3. The smallest absolute Gasteiger partial charge is 0.228 e. The number of fused-ring (bicyclic) bond motifs is 6. The van der Waals surface area contributed by atoms with Crippen molar-refractivity contribution in [3.63, 3.8) is 0 Å². The number of aromatic amines is 2. The summed E-state index contributed by atoms with van der Waals surface area (Å²) in [4.78, 5) is 27.0. The van der Waals surface area contributed by atoms with Crippen molar-refractivity contribution in [1.82, 2.24) is 50.5 Å². The molecular weight excluding hydrogens is 753 g/mol. The molecule has 0 spiro atoms. The van der Waals surface area contributed by atoms with Crippen LogP contribution < -0.4 is 25.8 Å². The largest absolute Gasteiger partial charge is 0.335 e. The molecule has 7 aromatic rings. The number of nitrogens with one attached hydrogen (secondary N) is 5. The molecule has 4 aliphatic heterocycles. The Morgan fingerprint density at radius 1 is 0.649 bits per heavy atom. The minimum atomic E-state index is 0.472. The molecule has 4 bridgehead atoms. The minimum absolute atomic E-state index is 0.472. The Bertz CT molecular complexity index is 2550. The van der Waals surface area contributed by atoms with Crippen molar-refractivity contribution in [2.75, 3.05) is 46.6 Å². The summed E-state index contributed by atoms with van der Waals surface area (Å²) in [5.74, 6) is 6.38. The standard InChI is InChI=1S/C24H25N7S.C17H19N7S/c1-2-4-15(5-3-1)12-30-13-18-10-17(30)14-31(18)24-25-19-8-9-32-22(19)23(27-24)26-21-11-20(28-29-21)16-6-7-16;1-2-9(1)13-6-14(23-22-13)20-16-15-12(3-4-25-15)19-17(21-16)24-8-10-5-11(24)7-18-10/h1-5,8-9,11,16-18H,6-7,10,12-14H2,(H2,25,26,27,28,29);3-4,6,9-11,18H,1-2,5,7-8H2,(H2,19,20,21,22,23)/t17-,18-;10-,11-/m00/s1. The second-order valence-electron chi connectivity index (χ2n) is 16.5. The van der Waals surface area contributed by atoms with Crippen molar-refractivity contribution in [3.05, 3.63) is 82.3 Å². The van der Waals surface area contributed by atoms with Gasteiger partial charge in [0, 0.05) is 92.2 Å².